The minimum atomic E-state index is 0.0560. The first kappa shape index (κ1) is 11.8. The number of nitrogens with two attached hydrogens (primary N) is 1. The third-order valence-electron chi connectivity index (χ3n) is 3.78. The van der Waals surface area contributed by atoms with Crippen molar-refractivity contribution < 1.29 is 4.79 Å². The number of nitrogens with zero attached hydrogens (tertiary/aromatic N) is 1. The summed E-state index contributed by atoms with van der Waals surface area (Å²) in [5.74, 6) is 0.0682. The first-order valence-electron chi connectivity index (χ1n) is 6.42. The molecule has 1 aliphatic heterocycles. The molecule has 1 aliphatic rings. The normalized spacial score (nSPS) is 15.4. The van der Waals surface area contributed by atoms with E-state index in [4.69, 9.17) is 5.73 Å². The molecule has 0 aromatic heterocycles. The number of rotatable bonds is 2. The Hall–Kier alpha value is -2.29. The van der Waals surface area contributed by atoms with E-state index in [2.05, 4.69) is 6.92 Å². The smallest absolute Gasteiger partial charge is 0.255 e. The van der Waals surface area contributed by atoms with Crippen molar-refractivity contribution in [2.75, 3.05) is 5.73 Å². The average molecular weight is 252 g/mol. The Morgan fingerprint density at radius 2 is 1.84 bits per heavy atom. The summed E-state index contributed by atoms with van der Waals surface area (Å²) in [5.41, 5.74) is 9.49. The van der Waals surface area contributed by atoms with Gasteiger partial charge in [-0.15, -0.1) is 0 Å². The summed E-state index contributed by atoms with van der Waals surface area (Å²) in [6, 6.07) is 15.7. The molecule has 3 heteroatoms. The summed E-state index contributed by atoms with van der Waals surface area (Å²) < 4.78 is 0. The molecule has 0 saturated carbocycles. The highest BCUT2D eigenvalue weighted by atomic mass is 16.2. The summed E-state index contributed by atoms with van der Waals surface area (Å²) in [6.07, 6.45) is 0. The standard InChI is InChI=1S/C16H16N2O/c1-11(12-6-3-2-4-7-12)18-10-14-13(16(18)19)8-5-9-15(14)17/h2-9,11H,10,17H2,1H3. The van der Waals surface area contributed by atoms with Gasteiger partial charge in [-0.3, -0.25) is 4.79 Å². The molecule has 0 bridgehead atoms. The van der Waals surface area contributed by atoms with Gasteiger partial charge >= 0.3 is 0 Å². The molecule has 1 atom stereocenters. The zero-order chi connectivity index (χ0) is 13.4. The van der Waals surface area contributed by atoms with Gasteiger partial charge in [0.05, 0.1) is 6.04 Å². The molecule has 0 fully saturated rings. The summed E-state index contributed by atoms with van der Waals surface area (Å²) in [7, 11) is 0. The van der Waals surface area contributed by atoms with Crippen LogP contribution in [0.2, 0.25) is 0 Å². The maximum Gasteiger partial charge on any atom is 0.255 e. The SMILES string of the molecule is CC(c1ccccc1)N1Cc2c(N)cccc2C1=O. The number of fused-ring (bicyclic) bond motifs is 1. The molecule has 3 nitrogen and oxygen atoms in total. The molecule has 96 valence electrons. The van der Waals surface area contributed by atoms with E-state index in [1.165, 1.54) is 0 Å². The van der Waals surface area contributed by atoms with Gasteiger partial charge < -0.3 is 10.6 Å². The first-order valence-corrected chi connectivity index (χ1v) is 6.42. The van der Waals surface area contributed by atoms with Crippen molar-refractivity contribution in [2.24, 2.45) is 0 Å². The Labute approximate surface area is 112 Å². The van der Waals surface area contributed by atoms with Crippen LogP contribution in [0.1, 0.15) is 34.5 Å². The van der Waals surface area contributed by atoms with E-state index in [0.717, 1.165) is 16.7 Å². The average Bonchev–Trinajstić information content (AvgIpc) is 2.78. The zero-order valence-corrected chi connectivity index (χ0v) is 10.8. The van der Waals surface area contributed by atoms with Crippen LogP contribution in [0.3, 0.4) is 0 Å². The summed E-state index contributed by atoms with van der Waals surface area (Å²) >= 11 is 0. The van der Waals surface area contributed by atoms with Gasteiger partial charge in [0, 0.05) is 23.4 Å². The van der Waals surface area contributed by atoms with Crippen LogP contribution in [0, 0.1) is 0 Å². The molecule has 2 N–H and O–H groups in total. The second kappa shape index (κ2) is 4.43. The lowest BCUT2D eigenvalue weighted by atomic mass is 10.1. The third-order valence-corrected chi connectivity index (χ3v) is 3.78. The summed E-state index contributed by atoms with van der Waals surface area (Å²) in [4.78, 5) is 14.3. The number of hydrogen-bond acceptors (Lipinski definition) is 2. The number of amides is 1. The number of nitrogen functional groups attached to an aromatic ring is 1. The minimum Gasteiger partial charge on any atom is -0.398 e. The van der Waals surface area contributed by atoms with Gasteiger partial charge in [-0.05, 0) is 24.6 Å². The van der Waals surface area contributed by atoms with Crippen LogP contribution >= 0.6 is 0 Å². The van der Waals surface area contributed by atoms with E-state index in [1.807, 2.05) is 53.4 Å². The zero-order valence-electron chi connectivity index (χ0n) is 10.8. The molecule has 2 aromatic carbocycles. The molecule has 3 rings (SSSR count). The molecule has 0 spiro atoms. The van der Waals surface area contributed by atoms with Gasteiger partial charge in [0.2, 0.25) is 0 Å². The fourth-order valence-electron chi connectivity index (χ4n) is 2.60. The largest absolute Gasteiger partial charge is 0.398 e. The Balaban J connectivity index is 1.94. The molecule has 0 radical (unpaired) electrons. The maximum atomic E-state index is 12.4. The predicted octanol–water partition coefficient (Wildman–Crippen LogP) is 2.99. The number of benzene rings is 2. The van der Waals surface area contributed by atoms with E-state index in [9.17, 15) is 4.79 Å². The molecule has 0 aliphatic carbocycles. The topological polar surface area (TPSA) is 46.3 Å². The molecular weight excluding hydrogens is 236 g/mol. The van der Waals surface area contributed by atoms with Gasteiger partial charge in [0.1, 0.15) is 0 Å². The maximum absolute atomic E-state index is 12.4. The van der Waals surface area contributed by atoms with Crippen molar-refractivity contribution in [3.05, 3.63) is 65.2 Å². The number of hydrogen-bond donors (Lipinski definition) is 1. The quantitative estimate of drug-likeness (QED) is 0.835. The van der Waals surface area contributed by atoms with Crippen LogP contribution in [0.15, 0.2) is 48.5 Å². The van der Waals surface area contributed by atoms with Crippen LogP contribution in [0.25, 0.3) is 0 Å². The van der Waals surface area contributed by atoms with Crippen LogP contribution < -0.4 is 5.73 Å². The van der Waals surface area contributed by atoms with Crippen molar-refractivity contribution in [2.45, 2.75) is 19.5 Å². The van der Waals surface area contributed by atoms with Gasteiger partial charge in [-0.2, -0.15) is 0 Å². The minimum absolute atomic E-state index is 0.0560. The van der Waals surface area contributed by atoms with Gasteiger partial charge in [0.25, 0.3) is 5.91 Å². The fourth-order valence-corrected chi connectivity index (χ4v) is 2.60. The lowest BCUT2D eigenvalue weighted by molar-refractivity contribution is 0.0716. The van der Waals surface area contributed by atoms with E-state index < -0.39 is 0 Å². The summed E-state index contributed by atoms with van der Waals surface area (Å²) in [6.45, 7) is 2.65. The van der Waals surface area contributed by atoms with Crippen molar-refractivity contribution >= 4 is 11.6 Å². The van der Waals surface area contributed by atoms with Crippen LogP contribution in [-0.4, -0.2) is 10.8 Å². The monoisotopic (exact) mass is 252 g/mol. The van der Waals surface area contributed by atoms with E-state index in [0.29, 0.717) is 12.2 Å². The van der Waals surface area contributed by atoms with Crippen molar-refractivity contribution in [1.29, 1.82) is 0 Å². The highest BCUT2D eigenvalue weighted by molar-refractivity contribution is 6.00. The number of carbonyl (C=O) groups excluding carboxylic acids is 1. The highest BCUT2D eigenvalue weighted by Gasteiger charge is 2.32. The molecule has 2 aromatic rings. The van der Waals surface area contributed by atoms with E-state index in [1.54, 1.807) is 0 Å². The summed E-state index contributed by atoms with van der Waals surface area (Å²) in [5, 5.41) is 0. The molecular formula is C16H16N2O. The lowest BCUT2D eigenvalue weighted by Crippen LogP contribution is -2.27. The van der Waals surface area contributed by atoms with Crippen molar-refractivity contribution in [1.82, 2.24) is 4.90 Å². The Kier molecular flexibility index (Phi) is 2.75. The second-order valence-corrected chi connectivity index (χ2v) is 4.89. The van der Waals surface area contributed by atoms with Crippen LogP contribution in [-0.2, 0) is 6.54 Å². The Bertz CT molecular complexity index is 622. The Morgan fingerprint density at radius 3 is 2.53 bits per heavy atom. The molecule has 0 saturated heterocycles. The van der Waals surface area contributed by atoms with Gasteiger partial charge in [0.15, 0.2) is 0 Å². The Morgan fingerprint density at radius 1 is 1.11 bits per heavy atom. The number of carbonyl (C=O) groups is 1. The van der Waals surface area contributed by atoms with E-state index in [-0.39, 0.29) is 11.9 Å². The molecule has 1 unspecified atom stereocenters. The van der Waals surface area contributed by atoms with E-state index >= 15 is 0 Å². The third kappa shape index (κ3) is 1.87. The van der Waals surface area contributed by atoms with Crippen LogP contribution in [0.4, 0.5) is 5.69 Å². The van der Waals surface area contributed by atoms with Crippen molar-refractivity contribution in [3.63, 3.8) is 0 Å². The predicted molar refractivity (Wildman–Crippen MR) is 75.6 cm³/mol. The van der Waals surface area contributed by atoms with Crippen molar-refractivity contribution in [3.8, 4) is 0 Å². The molecule has 1 amide bonds. The molecule has 1 heterocycles. The van der Waals surface area contributed by atoms with Gasteiger partial charge in [-0.1, -0.05) is 36.4 Å². The van der Waals surface area contributed by atoms with Crippen LogP contribution in [0.5, 0.6) is 0 Å². The van der Waals surface area contributed by atoms with Gasteiger partial charge in [-0.25, -0.2) is 0 Å². The molecule has 19 heavy (non-hydrogen) atoms. The second-order valence-electron chi connectivity index (χ2n) is 4.89. The fraction of sp³-hybridized carbons (Fsp3) is 0.188. The number of anilines is 1. The highest BCUT2D eigenvalue weighted by Crippen LogP contribution is 2.33. The lowest BCUT2D eigenvalue weighted by Gasteiger charge is -2.24. The first-order chi connectivity index (χ1) is 9.18.